The van der Waals surface area contributed by atoms with E-state index in [1.54, 1.807) is 29.5 Å². The van der Waals surface area contributed by atoms with Crippen molar-refractivity contribution in [3.05, 3.63) is 20.9 Å². The van der Waals surface area contributed by atoms with E-state index in [9.17, 15) is 13.6 Å². The minimum absolute atomic E-state index is 0.0619. The number of aromatic nitrogens is 1. The van der Waals surface area contributed by atoms with Gasteiger partial charge in [-0.05, 0) is 35.6 Å². The number of nitrogen functional groups attached to an aromatic ring is 1. The fourth-order valence-electron chi connectivity index (χ4n) is 1.07. The number of nitrogens with two attached hydrogens (primary N) is 1. The molecule has 88 valence electrons. The Balaban J connectivity index is 3.14. The van der Waals surface area contributed by atoms with Crippen molar-refractivity contribution in [3.8, 4) is 0 Å². The number of nitrogens with zero attached hydrogens (tertiary/aromatic N) is 1. The molecule has 1 heterocycles. The maximum Gasteiger partial charge on any atom is 0.357 e. The number of halogens is 3. The number of ether oxygens (including phenoxy) is 1. The molecule has 0 radical (unpaired) electrons. The zero-order valence-electron chi connectivity index (χ0n) is 8.34. The molecule has 0 unspecified atom stereocenters. The molecule has 0 aliphatic carbocycles. The zero-order valence-corrected chi connectivity index (χ0v) is 10.5. The van der Waals surface area contributed by atoms with Gasteiger partial charge in [0.05, 0.1) is 12.2 Å². The number of anilines is 1. The summed E-state index contributed by atoms with van der Waals surface area (Å²) in [5.41, 5.74) is 4.94. The third kappa shape index (κ3) is 2.77. The van der Waals surface area contributed by atoms with Crippen molar-refractivity contribution in [2.45, 2.75) is 13.3 Å². The lowest BCUT2D eigenvalue weighted by atomic mass is 10.2. The predicted octanol–water partition coefficient (Wildman–Crippen LogP) is 2.38. The van der Waals surface area contributed by atoms with Gasteiger partial charge in [-0.15, -0.1) is 0 Å². The van der Waals surface area contributed by atoms with Crippen molar-refractivity contribution in [2.75, 3.05) is 12.3 Å². The normalized spacial score (nSPS) is 10.6. The maximum absolute atomic E-state index is 12.5. The third-order valence-electron chi connectivity index (χ3n) is 1.74. The number of rotatable bonds is 3. The van der Waals surface area contributed by atoms with Crippen LogP contribution >= 0.6 is 22.6 Å². The molecule has 1 aromatic heterocycles. The molecule has 0 aliphatic heterocycles. The lowest BCUT2D eigenvalue weighted by Gasteiger charge is -2.08. The number of hydrogen-bond acceptors (Lipinski definition) is 4. The molecule has 0 saturated heterocycles. The van der Waals surface area contributed by atoms with E-state index in [0.29, 0.717) is 0 Å². The molecule has 0 amide bonds. The quantitative estimate of drug-likeness (QED) is 0.677. The summed E-state index contributed by atoms with van der Waals surface area (Å²) in [6, 6.07) is 1.23. The largest absolute Gasteiger partial charge is 0.461 e. The minimum atomic E-state index is -2.71. The van der Waals surface area contributed by atoms with Crippen LogP contribution < -0.4 is 5.73 Å². The van der Waals surface area contributed by atoms with E-state index < -0.39 is 12.4 Å². The van der Waals surface area contributed by atoms with E-state index in [1.807, 2.05) is 0 Å². The van der Waals surface area contributed by atoms with Crippen molar-refractivity contribution in [2.24, 2.45) is 0 Å². The predicted molar refractivity (Wildman–Crippen MR) is 62.3 cm³/mol. The highest BCUT2D eigenvalue weighted by atomic mass is 127. The second-order valence-corrected chi connectivity index (χ2v) is 3.97. The molecule has 1 rings (SSSR count). The lowest BCUT2D eigenvalue weighted by molar-refractivity contribution is 0.0519. The Morgan fingerprint density at radius 3 is 2.75 bits per heavy atom. The highest BCUT2D eigenvalue weighted by Gasteiger charge is 2.20. The summed E-state index contributed by atoms with van der Waals surface area (Å²) in [6.07, 6.45) is -2.71. The number of alkyl halides is 2. The van der Waals surface area contributed by atoms with Crippen LogP contribution in [0.25, 0.3) is 0 Å². The van der Waals surface area contributed by atoms with E-state index in [0.717, 1.165) is 0 Å². The second-order valence-electron chi connectivity index (χ2n) is 2.81. The Morgan fingerprint density at radius 2 is 2.31 bits per heavy atom. The number of carbonyl (C=O) groups is 1. The highest BCUT2D eigenvalue weighted by Crippen LogP contribution is 2.29. The first kappa shape index (κ1) is 13.1. The topological polar surface area (TPSA) is 65.2 Å². The van der Waals surface area contributed by atoms with Gasteiger partial charge in [0.1, 0.15) is 5.82 Å². The number of esters is 1. The molecule has 16 heavy (non-hydrogen) atoms. The first-order valence-electron chi connectivity index (χ1n) is 4.38. The van der Waals surface area contributed by atoms with Gasteiger partial charge >= 0.3 is 5.97 Å². The third-order valence-corrected chi connectivity index (χ3v) is 2.63. The van der Waals surface area contributed by atoms with Crippen LogP contribution in [-0.4, -0.2) is 17.6 Å². The van der Waals surface area contributed by atoms with Gasteiger partial charge in [-0.3, -0.25) is 0 Å². The number of hydrogen-bond donors (Lipinski definition) is 1. The van der Waals surface area contributed by atoms with Gasteiger partial charge in [0, 0.05) is 3.57 Å². The van der Waals surface area contributed by atoms with Crippen molar-refractivity contribution in [1.82, 2.24) is 4.98 Å². The highest BCUT2D eigenvalue weighted by molar-refractivity contribution is 14.1. The summed E-state index contributed by atoms with van der Waals surface area (Å²) in [7, 11) is 0. The van der Waals surface area contributed by atoms with Crippen molar-refractivity contribution in [3.63, 3.8) is 0 Å². The summed E-state index contributed by atoms with van der Waals surface area (Å²) in [4.78, 5) is 14.9. The van der Waals surface area contributed by atoms with Crippen LogP contribution in [0.15, 0.2) is 6.07 Å². The van der Waals surface area contributed by atoms with E-state index in [1.165, 1.54) is 6.07 Å². The van der Waals surface area contributed by atoms with Gasteiger partial charge in [0.25, 0.3) is 6.43 Å². The Kier molecular flexibility index (Phi) is 4.39. The first-order valence-corrected chi connectivity index (χ1v) is 5.46. The monoisotopic (exact) mass is 342 g/mol. The summed E-state index contributed by atoms with van der Waals surface area (Å²) in [5, 5.41) is 0. The van der Waals surface area contributed by atoms with E-state index in [2.05, 4.69) is 4.98 Å². The molecule has 0 aliphatic rings. The zero-order chi connectivity index (χ0) is 12.3. The van der Waals surface area contributed by atoms with E-state index >= 15 is 0 Å². The summed E-state index contributed by atoms with van der Waals surface area (Å²) < 4.78 is 29.9. The number of pyridine rings is 1. The molecule has 1 aromatic rings. The fourth-order valence-corrected chi connectivity index (χ4v) is 1.87. The van der Waals surface area contributed by atoms with Crippen LogP contribution in [0.2, 0.25) is 0 Å². The van der Waals surface area contributed by atoms with Crippen LogP contribution in [-0.2, 0) is 4.74 Å². The van der Waals surface area contributed by atoms with Crippen LogP contribution in [0.3, 0.4) is 0 Å². The molecule has 0 aromatic carbocycles. The second kappa shape index (κ2) is 5.37. The first-order chi connectivity index (χ1) is 7.47. The summed E-state index contributed by atoms with van der Waals surface area (Å²) in [6.45, 7) is 1.83. The van der Waals surface area contributed by atoms with Gasteiger partial charge in [0.15, 0.2) is 5.69 Å². The van der Waals surface area contributed by atoms with Crippen LogP contribution in [0.5, 0.6) is 0 Å². The summed E-state index contributed by atoms with van der Waals surface area (Å²) in [5.74, 6) is -1.02. The average Bonchev–Trinajstić information content (AvgIpc) is 2.16. The van der Waals surface area contributed by atoms with Crippen molar-refractivity contribution < 1.29 is 18.3 Å². The average molecular weight is 342 g/mol. The van der Waals surface area contributed by atoms with Gasteiger partial charge in [-0.25, -0.2) is 18.6 Å². The summed E-state index contributed by atoms with van der Waals surface area (Å²) >= 11 is 1.68. The van der Waals surface area contributed by atoms with Crippen molar-refractivity contribution in [1.29, 1.82) is 0 Å². The standard InChI is InChI=1S/C9H9F2IN2O2/c1-2-16-9(15)5-3-4(12)6(7(10)11)8(13)14-5/h3,7H,2H2,1H3,(H2,13,14). The Morgan fingerprint density at radius 1 is 1.69 bits per heavy atom. The molecule has 0 bridgehead atoms. The maximum atomic E-state index is 12.5. The Labute approximate surface area is 104 Å². The molecule has 2 N–H and O–H groups in total. The van der Waals surface area contributed by atoms with Crippen LogP contribution in [0.1, 0.15) is 29.4 Å². The molecule has 0 spiro atoms. The molecule has 4 nitrogen and oxygen atoms in total. The Hall–Kier alpha value is -0.990. The van der Waals surface area contributed by atoms with Crippen molar-refractivity contribution >= 4 is 34.4 Å². The van der Waals surface area contributed by atoms with E-state index in [-0.39, 0.29) is 27.3 Å². The molecule has 0 atom stereocenters. The fraction of sp³-hybridized carbons (Fsp3) is 0.333. The molecule has 7 heteroatoms. The Bertz CT molecular complexity index is 389. The molecular weight excluding hydrogens is 333 g/mol. The van der Waals surface area contributed by atoms with Crippen LogP contribution in [0, 0.1) is 3.57 Å². The lowest BCUT2D eigenvalue weighted by Crippen LogP contribution is -2.11. The SMILES string of the molecule is CCOC(=O)c1cc(I)c(C(F)F)c(N)n1. The van der Waals surface area contributed by atoms with Gasteiger partial charge < -0.3 is 10.5 Å². The minimum Gasteiger partial charge on any atom is -0.461 e. The smallest absolute Gasteiger partial charge is 0.357 e. The van der Waals surface area contributed by atoms with Gasteiger partial charge in [0.2, 0.25) is 0 Å². The molecular formula is C9H9F2IN2O2. The molecule has 0 fully saturated rings. The molecule has 0 saturated carbocycles. The van der Waals surface area contributed by atoms with E-state index in [4.69, 9.17) is 10.5 Å². The van der Waals surface area contributed by atoms with Gasteiger partial charge in [-0.1, -0.05) is 0 Å². The number of carbonyl (C=O) groups excluding carboxylic acids is 1. The van der Waals surface area contributed by atoms with Crippen LogP contribution in [0.4, 0.5) is 14.6 Å². The van der Waals surface area contributed by atoms with Gasteiger partial charge in [-0.2, -0.15) is 0 Å².